The Morgan fingerprint density at radius 2 is 1.75 bits per heavy atom. The molecule has 2 N–H and O–H groups in total. The normalized spacial score (nSPS) is 14.6. The number of anilines is 2. The molecule has 2 heterocycles. The molecule has 5 rings (SSSR count). The van der Waals surface area contributed by atoms with E-state index in [1.165, 1.54) is 16.9 Å². The fourth-order valence-corrected chi connectivity index (χ4v) is 7.01. The lowest BCUT2D eigenvalue weighted by Gasteiger charge is -2.30. The maximum absolute atomic E-state index is 13.3. The van der Waals surface area contributed by atoms with E-state index < -0.39 is 15.4 Å². The third-order valence-corrected chi connectivity index (χ3v) is 9.43. The van der Waals surface area contributed by atoms with Gasteiger partial charge in [-0.25, -0.2) is 8.42 Å². The average Bonchev–Trinajstić information content (AvgIpc) is 3.36. The number of fused-ring (bicyclic) bond motifs is 1. The summed E-state index contributed by atoms with van der Waals surface area (Å²) in [7, 11) is -3.41. The van der Waals surface area contributed by atoms with Crippen molar-refractivity contribution >= 4 is 60.3 Å². The minimum absolute atomic E-state index is 0.0361. The summed E-state index contributed by atoms with van der Waals surface area (Å²) in [6, 6.07) is 19.0. The Balaban J connectivity index is 1.41. The van der Waals surface area contributed by atoms with Crippen molar-refractivity contribution in [3.63, 3.8) is 0 Å². The van der Waals surface area contributed by atoms with Crippen LogP contribution in [0.25, 0.3) is 10.1 Å². The van der Waals surface area contributed by atoms with Crippen molar-refractivity contribution < 1.29 is 22.7 Å². The molecule has 4 aromatic rings. The van der Waals surface area contributed by atoms with Gasteiger partial charge in [-0.15, -0.1) is 11.3 Å². The van der Waals surface area contributed by atoms with Gasteiger partial charge in [-0.1, -0.05) is 31.5 Å². The summed E-state index contributed by atoms with van der Waals surface area (Å²) >= 11 is 7.96. The Hall–Kier alpha value is -3.15. The van der Waals surface area contributed by atoms with E-state index in [0.717, 1.165) is 66.1 Å². The highest BCUT2D eigenvalue weighted by Gasteiger charge is 2.26. The number of thiophene rings is 1. The summed E-state index contributed by atoms with van der Waals surface area (Å²) in [5, 5.41) is 4.30. The standard InChI is InChI=1S/C33H38ClN3O5S2/c1-21(2)42-29-13-22(20-37-8-10-41-11-9-37)12-24(18-29)33(3,4)25-16-26(34)19-28(17-25)35-32(38)31-15-23-14-27(36-44(5,39)40)6-7-30(23)43-31/h6-7,12-19,21,36H,8-11,20H2,1-5H3,(H,35,38). The molecule has 234 valence electrons. The number of nitrogens with zero attached hydrogens (tertiary/aromatic N) is 1. The third-order valence-electron chi connectivity index (χ3n) is 7.49. The Bertz CT molecular complexity index is 1780. The van der Waals surface area contributed by atoms with Gasteiger partial charge in [0.05, 0.1) is 30.5 Å². The quantitative estimate of drug-likeness (QED) is 0.189. The van der Waals surface area contributed by atoms with Crippen LogP contribution >= 0.6 is 22.9 Å². The number of amides is 1. The van der Waals surface area contributed by atoms with Crippen molar-refractivity contribution in [1.29, 1.82) is 0 Å². The van der Waals surface area contributed by atoms with E-state index in [9.17, 15) is 13.2 Å². The van der Waals surface area contributed by atoms with E-state index in [1.807, 2.05) is 26.0 Å². The highest BCUT2D eigenvalue weighted by atomic mass is 35.5. The molecule has 1 saturated heterocycles. The number of morpholine rings is 1. The number of hydrogen-bond donors (Lipinski definition) is 2. The van der Waals surface area contributed by atoms with Crippen LogP contribution in [0.4, 0.5) is 11.4 Å². The predicted molar refractivity (Wildman–Crippen MR) is 180 cm³/mol. The zero-order valence-corrected chi connectivity index (χ0v) is 28.0. The zero-order chi connectivity index (χ0) is 31.6. The molecule has 0 spiro atoms. The fraction of sp³-hybridized carbons (Fsp3) is 0.364. The van der Waals surface area contributed by atoms with Crippen LogP contribution in [0.1, 0.15) is 54.1 Å². The van der Waals surface area contributed by atoms with E-state index in [-0.39, 0.29) is 12.0 Å². The van der Waals surface area contributed by atoms with E-state index >= 15 is 0 Å². The van der Waals surface area contributed by atoms with E-state index in [0.29, 0.717) is 21.3 Å². The Morgan fingerprint density at radius 3 is 2.45 bits per heavy atom. The van der Waals surface area contributed by atoms with Gasteiger partial charge in [-0.2, -0.15) is 0 Å². The number of sulfonamides is 1. The summed E-state index contributed by atoms with van der Waals surface area (Å²) in [6.45, 7) is 12.4. The molecular weight excluding hydrogens is 618 g/mol. The number of carbonyl (C=O) groups excluding carboxylic acids is 1. The lowest BCUT2D eigenvalue weighted by atomic mass is 9.77. The largest absolute Gasteiger partial charge is 0.491 e. The van der Waals surface area contributed by atoms with Gasteiger partial charge in [0, 0.05) is 46.1 Å². The first-order chi connectivity index (χ1) is 20.7. The Kier molecular flexibility index (Phi) is 9.58. The minimum Gasteiger partial charge on any atom is -0.491 e. The molecule has 0 aliphatic carbocycles. The molecular formula is C33H38ClN3O5S2. The summed E-state index contributed by atoms with van der Waals surface area (Å²) in [5.74, 6) is 0.555. The predicted octanol–water partition coefficient (Wildman–Crippen LogP) is 7.12. The molecule has 3 aromatic carbocycles. The molecule has 0 bridgehead atoms. The number of nitrogens with one attached hydrogen (secondary N) is 2. The van der Waals surface area contributed by atoms with Crippen molar-refractivity contribution in [2.75, 3.05) is 42.6 Å². The molecule has 0 saturated carbocycles. The number of hydrogen-bond acceptors (Lipinski definition) is 7. The van der Waals surface area contributed by atoms with E-state index in [2.05, 4.69) is 47.0 Å². The maximum Gasteiger partial charge on any atom is 0.265 e. The second kappa shape index (κ2) is 13.1. The van der Waals surface area contributed by atoms with Gasteiger partial charge in [0.15, 0.2) is 0 Å². The third kappa shape index (κ3) is 8.11. The van der Waals surface area contributed by atoms with Gasteiger partial charge in [0.1, 0.15) is 5.75 Å². The minimum atomic E-state index is -3.41. The highest BCUT2D eigenvalue weighted by molar-refractivity contribution is 7.92. The Labute approximate surface area is 268 Å². The molecule has 44 heavy (non-hydrogen) atoms. The number of rotatable bonds is 10. The van der Waals surface area contributed by atoms with Crippen molar-refractivity contribution in [3.8, 4) is 5.75 Å². The zero-order valence-electron chi connectivity index (χ0n) is 25.6. The second-order valence-electron chi connectivity index (χ2n) is 12.0. The Morgan fingerprint density at radius 1 is 1.02 bits per heavy atom. The van der Waals surface area contributed by atoms with Crippen LogP contribution in [0.15, 0.2) is 60.7 Å². The van der Waals surface area contributed by atoms with Crippen LogP contribution in [0.3, 0.4) is 0 Å². The number of halogens is 1. The van der Waals surface area contributed by atoms with Gasteiger partial charge >= 0.3 is 0 Å². The summed E-state index contributed by atoms with van der Waals surface area (Å²) < 4.78 is 38.3. The maximum atomic E-state index is 13.3. The van der Waals surface area contributed by atoms with Crippen molar-refractivity contribution in [3.05, 3.63) is 87.3 Å². The first kappa shape index (κ1) is 32.2. The smallest absolute Gasteiger partial charge is 0.265 e. The lowest BCUT2D eigenvalue weighted by molar-refractivity contribution is 0.0341. The first-order valence-corrected chi connectivity index (χ1v) is 17.6. The summed E-state index contributed by atoms with van der Waals surface area (Å²) in [6.07, 6.45) is 1.14. The first-order valence-electron chi connectivity index (χ1n) is 14.5. The van der Waals surface area contributed by atoms with Crippen LogP contribution in [0.5, 0.6) is 5.75 Å². The number of ether oxygens (including phenoxy) is 2. The lowest BCUT2D eigenvalue weighted by Crippen LogP contribution is -2.35. The van der Waals surface area contributed by atoms with Crippen LogP contribution < -0.4 is 14.8 Å². The highest BCUT2D eigenvalue weighted by Crippen LogP contribution is 2.38. The molecule has 8 nitrogen and oxygen atoms in total. The molecule has 0 radical (unpaired) electrons. The second-order valence-corrected chi connectivity index (χ2v) is 15.2. The number of carbonyl (C=O) groups is 1. The van der Waals surface area contributed by atoms with Crippen LogP contribution in [-0.2, 0) is 26.7 Å². The number of benzene rings is 3. The van der Waals surface area contributed by atoms with E-state index in [4.69, 9.17) is 21.1 Å². The molecule has 11 heteroatoms. The van der Waals surface area contributed by atoms with Gasteiger partial charge in [0.25, 0.3) is 5.91 Å². The molecule has 0 atom stereocenters. The summed E-state index contributed by atoms with van der Waals surface area (Å²) in [5.41, 5.74) is 3.78. The molecule has 1 aromatic heterocycles. The summed E-state index contributed by atoms with van der Waals surface area (Å²) in [4.78, 5) is 16.2. The topological polar surface area (TPSA) is 97.0 Å². The van der Waals surface area contributed by atoms with Crippen molar-refractivity contribution in [1.82, 2.24) is 4.90 Å². The van der Waals surface area contributed by atoms with Crippen molar-refractivity contribution in [2.24, 2.45) is 0 Å². The molecule has 1 amide bonds. The van der Waals surface area contributed by atoms with Gasteiger partial charge in [0.2, 0.25) is 10.0 Å². The van der Waals surface area contributed by atoms with Crippen LogP contribution in [-0.4, -0.2) is 57.9 Å². The monoisotopic (exact) mass is 655 g/mol. The molecule has 1 fully saturated rings. The molecule has 1 aliphatic heterocycles. The van der Waals surface area contributed by atoms with Gasteiger partial charge < -0.3 is 14.8 Å². The average molecular weight is 656 g/mol. The van der Waals surface area contributed by atoms with Crippen molar-refractivity contribution in [2.45, 2.75) is 45.8 Å². The van der Waals surface area contributed by atoms with Crippen LogP contribution in [0, 0.1) is 0 Å². The van der Waals surface area contributed by atoms with E-state index in [1.54, 1.807) is 30.3 Å². The molecule has 0 unspecified atom stereocenters. The van der Waals surface area contributed by atoms with Gasteiger partial charge in [-0.3, -0.25) is 14.4 Å². The fourth-order valence-electron chi connectivity index (χ4n) is 5.29. The molecule has 1 aliphatic rings. The van der Waals surface area contributed by atoms with Gasteiger partial charge in [-0.05, 0) is 90.5 Å². The van der Waals surface area contributed by atoms with Crippen LogP contribution in [0.2, 0.25) is 5.02 Å². The SMILES string of the molecule is CC(C)Oc1cc(CN2CCOCC2)cc(C(C)(C)c2cc(Cl)cc(NC(=O)c3cc4cc(NS(C)(=O)=O)ccc4s3)c2)c1.